The summed E-state index contributed by atoms with van der Waals surface area (Å²) in [6, 6.07) is 5.08. The van der Waals surface area contributed by atoms with E-state index in [1.54, 1.807) is 31.2 Å². The molecular weight excluding hydrogens is 375 g/mol. The van der Waals surface area contributed by atoms with Crippen molar-refractivity contribution in [2.24, 2.45) is 5.92 Å². The fourth-order valence-electron chi connectivity index (χ4n) is 3.50. The molecule has 0 atom stereocenters. The highest BCUT2D eigenvalue weighted by molar-refractivity contribution is 6.31. The molecule has 1 aliphatic carbocycles. The minimum Gasteiger partial charge on any atom is -0.485 e. The summed E-state index contributed by atoms with van der Waals surface area (Å²) in [5, 5.41) is 6.99. The van der Waals surface area contributed by atoms with E-state index >= 15 is 0 Å². The van der Waals surface area contributed by atoms with Crippen LogP contribution in [0.15, 0.2) is 29.3 Å². The second-order valence-electron chi connectivity index (χ2n) is 6.92. The number of hydrogen-bond donors (Lipinski definition) is 2. The zero-order valence-corrected chi connectivity index (χ0v) is 16.1. The number of carbonyl (C=O) groups is 2. The number of benzene rings is 1. The quantitative estimate of drug-likeness (QED) is 0.818. The third-order valence-corrected chi connectivity index (χ3v) is 5.40. The zero-order chi connectivity index (χ0) is 18.7. The molecule has 0 bridgehead atoms. The number of ether oxygens (including phenoxy) is 1. The van der Waals surface area contributed by atoms with Crippen LogP contribution in [0.4, 0.5) is 0 Å². The maximum absolute atomic E-state index is 12.3. The summed E-state index contributed by atoms with van der Waals surface area (Å²) in [5.74, 6) is 0.369. The lowest BCUT2D eigenvalue weighted by Crippen LogP contribution is -2.49. The van der Waals surface area contributed by atoms with Gasteiger partial charge in [-0.3, -0.25) is 9.59 Å². The van der Waals surface area contributed by atoms with Crippen LogP contribution < -0.4 is 15.4 Å². The Kier molecular flexibility index (Phi) is 5.78. The summed E-state index contributed by atoms with van der Waals surface area (Å²) >= 11 is 11.8. The van der Waals surface area contributed by atoms with Crippen molar-refractivity contribution in [1.82, 2.24) is 10.6 Å². The minimum absolute atomic E-state index is 0.0406. The summed E-state index contributed by atoms with van der Waals surface area (Å²) in [6.45, 7) is 2.65. The lowest BCUT2D eigenvalue weighted by Gasteiger charge is -2.39. The number of fused-ring (bicyclic) bond motifs is 1. The molecule has 26 heavy (non-hydrogen) atoms. The van der Waals surface area contributed by atoms with Crippen LogP contribution in [0.5, 0.6) is 5.75 Å². The summed E-state index contributed by atoms with van der Waals surface area (Å²) in [6.07, 6.45) is 4.62. The highest BCUT2D eigenvalue weighted by Crippen LogP contribution is 2.38. The van der Waals surface area contributed by atoms with E-state index in [4.69, 9.17) is 27.9 Å². The van der Waals surface area contributed by atoms with E-state index in [0.717, 1.165) is 0 Å². The summed E-state index contributed by atoms with van der Waals surface area (Å²) in [5.41, 5.74) is -0.0181. The van der Waals surface area contributed by atoms with Gasteiger partial charge in [0.1, 0.15) is 11.4 Å². The van der Waals surface area contributed by atoms with E-state index in [-0.39, 0.29) is 17.7 Å². The molecule has 0 saturated heterocycles. The van der Waals surface area contributed by atoms with E-state index in [0.29, 0.717) is 60.1 Å². The Balaban J connectivity index is 1.65. The molecule has 5 nitrogen and oxygen atoms in total. The van der Waals surface area contributed by atoms with Crippen LogP contribution in [-0.2, 0) is 4.79 Å². The molecule has 2 amide bonds. The second kappa shape index (κ2) is 7.89. The lowest BCUT2D eigenvalue weighted by molar-refractivity contribution is -0.127. The molecule has 1 aromatic carbocycles. The number of nitrogens with one attached hydrogen (secondary N) is 2. The highest BCUT2D eigenvalue weighted by Gasteiger charge is 2.41. The molecular formula is C19H22Cl2N2O3. The van der Waals surface area contributed by atoms with Gasteiger partial charge in [-0.05, 0) is 50.8 Å². The number of halogens is 2. The number of allylic oxidation sites excluding steroid dienone is 1. The lowest BCUT2D eigenvalue weighted by atomic mass is 9.78. The van der Waals surface area contributed by atoms with Crippen molar-refractivity contribution < 1.29 is 14.3 Å². The maximum atomic E-state index is 12.3. The van der Waals surface area contributed by atoms with E-state index < -0.39 is 5.60 Å². The van der Waals surface area contributed by atoms with Crippen LogP contribution >= 0.6 is 23.2 Å². The first-order valence-corrected chi connectivity index (χ1v) is 9.51. The molecule has 1 saturated carbocycles. The van der Waals surface area contributed by atoms with Crippen LogP contribution in [0, 0.1) is 5.92 Å². The minimum atomic E-state index is -0.474. The van der Waals surface area contributed by atoms with Gasteiger partial charge in [0.2, 0.25) is 5.91 Å². The topological polar surface area (TPSA) is 67.4 Å². The van der Waals surface area contributed by atoms with Crippen molar-refractivity contribution in [2.75, 3.05) is 13.1 Å². The third-order valence-electron chi connectivity index (χ3n) is 5.01. The average Bonchev–Trinajstić information content (AvgIpc) is 2.73. The highest BCUT2D eigenvalue weighted by atomic mass is 35.5. The van der Waals surface area contributed by atoms with Crippen LogP contribution in [0.1, 0.15) is 43.0 Å². The number of rotatable bonds is 3. The van der Waals surface area contributed by atoms with Gasteiger partial charge in [-0.2, -0.15) is 0 Å². The van der Waals surface area contributed by atoms with Crippen molar-refractivity contribution in [2.45, 2.75) is 38.2 Å². The SMILES string of the molecule is C/C(Cl)=C/CNC(=O)C1CCC2(CC1)CNC(=O)c1cc(Cl)ccc1O2. The van der Waals surface area contributed by atoms with E-state index in [1.165, 1.54) is 0 Å². The maximum Gasteiger partial charge on any atom is 0.255 e. The molecule has 0 unspecified atom stereocenters. The molecule has 2 N–H and O–H groups in total. The first kappa shape index (κ1) is 19.1. The smallest absolute Gasteiger partial charge is 0.255 e. The van der Waals surface area contributed by atoms with Crippen LogP contribution in [0.3, 0.4) is 0 Å². The largest absolute Gasteiger partial charge is 0.485 e. The Morgan fingerprint density at radius 3 is 2.85 bits per heavy atom. The van der Waals surface area contributed by atoms with E-state index in [2.05, 4.69) is 10.6 Å². The van der Waals surface area contributed by atoms with E-state index in [9.17, 15) is 9.59 Å². The number of carbonyl (C=O) groups excluding carboxylic acids is 2. The summed E-state index contributed by atoms with van der Waals surface area (Å²) in [7, 11) is 0. The molecule has 2 aliphatic rings. The zero-order valence-electron chi connectivity index (χ0n) is 14.6. The van der Waals surface area contributed by atoms with Gasteiger partial charge in [-0.1, -0.05) is 29.3 Å². The molecule has 1 aromatic rings. The molecule has 7 heteroatoms. The van der Waals surface area contributed by atoms with Crippen molar-refractivity contribution >= 4 is 35.0 Å². The van der Waals surface area contributed by atoms with Crippen molar-refractivity contribution in [3.05, 3.63) is 39.9 Å². The third kappa shape index (κ3) is 4.33. The van der Waals surface area contributed by atoms with Gasteiger partial charge in [0.25, 0.3) is 5.91 Å². The summed E-state index contributed by atoms with van der Waals surface area (Å²) < 4.78 is 6.25. The van der Waals surface area contributed by atoms with Gasteiger partial charge >= 0.3 is 0 Å². The fourth-order valence-corrected chi connectivity index (χ4v) is 3.75. The molecule has 0 radical (unpaired) electrons. The Hall–Kier alpha value is -1.72. The Morgan fingerprint density at radius 2 is 2.15 bits per heavy atom. The van der Waals surface area contributed by atoms with Gasteiger partial charge in [0.15, 0.2) is 0 Å². The molecule has 1 fully saturated rings. The van der Waals surface area contributed by atoms with Crippen molar-refractivity contribution in [1.29, 1.82) is 0 Å². The predicted octanol–water partition coefficient (Wildman–Crippen LogP) is 3.65. The van der Waals surface area contributed by atoms with Crippen LogP contribution in [-0.4, -0.2) is 30.5 Å². The predicted molar refractivity (Wildman–Crippen MR) is 102 cm³/mol. The fraction of sp³-hybridized carbons (Fsp3) is 0.474. The number of hydrogen-bond acceptors (Lipinski definition) is 3. The molecule has 1 aliphatic heterocycles. The first-order valence-electron chi connectivity index (χ1n) is 8.75. The van der Waals surface area contributed by atoms with Gasteiger partial charge in [-0.25, -0.2) is 0 Å². The molecule has 1 heterocycles. The monoisotopic (exact) mass is 396 g/mol. The van der Waals surface area contributed by atoms with Crippen molar-refractivity contribution in [3.63, 3.8) is 0 Å². The van der Waals surface area contributed by atoms with Gasteiger partial charge < -0.3 is 15.4 Å². The first-order chi connectivity index (χ1) is 12.4. The van der Waals surface area contributed by atoms with E-state index in [1.807, 2.05) is 0 Å². The normalized spacial score (nSPS) is 25.7. The van der Waals surface area contributed by atoms with Crippen LogP contribution in [0.25, 0.3) is 0 Å². The molecule has 140 valence electrons. The number of amides is 2. The Morgan fingerprint density at radius 1 is 1.42 bits per heavy atom. The van der Waals surface area contributed by atoms with Gasteiger partial charge in [0, 0.05) is 22.5 Å². The standard InChI is InChI=1S/C19H22Cl2N2O3/c1-12(20)6-9-22-17(24)13-4-7-19(8-5-13)11-23-18(25)15-10-14(21)2-3-16(15)26-19/h2-3,6,10,13H,4-5,7-9,11H2,1H3,(H,22,24)(H,23,25)/b12-6-. The van der Waals surface area contributed by atoms with Gasteiger partial charge in [-0.15, -0.1) is 0 Å². The average molecular weight is 397 g/mol. The van der Waals surface area contributed by atoms with Crippen molar-refractivity contribution in [3.8, 4) is 5.75 Å². The summed E-state index contributed by atoms with van der Waals surface area (Å²) in [4.78, 5) is 24.6. The molecule has 0 aromatic heterocycles. The molecule has 1 spiro atoms. The van der Waals surface area contributed by atoms with Gasteiger partial charge in [0.05, 0.1) is 12.1 Å². The van der Waals surface area contributed by atoms with Crippen LogP contribution in [0.2, 0.25) is 5.02 Å². The Labute approximate surface area is 163 Å². The Bertz CT molecular complexity index is 736. The molecule has 3 rings (SSSR count). The second-order valence-corrected chi connectivity index (χ2v) is 7.95.